The highest BCUT2D eigenvalue weighted by Gasteiger charge is 2.17. The fourth-order valence-corrected chi connectivity index (χ4v) is 4.60. The summed E-state index contributed by atoms with van der Waals surface area (Å²) < 4.78 is 39.6. The van der Waals surface area contributed by atoms with Gasteiger partial charge in [0.05, 0.1) is 24.3 Å². The van der Waals surface area contributed by atoms with Crippen molar-refractivity contribution >= 4 is 22.6 Å². The summed E-state index contributed by atoms with van der Waals surface area (Å²) in [6.07, 6.45) is 0. The minimum Gasteiger partial charge on any atom is -0.497 e. The van der Waals surface area contributed by atoms with E-state index in [1.54, 1.807) is 30.6 Å². The molecule has 0 bridgehead atoms. The van der Waals surface area contributed by atoms with Crippen LogP contribution in [0.4, 0.5) is 10.1 Å². The molecular weight excluding hydrogens is 471 g/mol. The van der Waals surface area contributed by atoms with Gasteiger partial charge in [0, 0.05) is 33.2 Å². The zero-order chi connectivity index (χ0) is 26.0. The lowest BCUT2D eigenvalue weighted by atomic mass is 10.1. The molecule has 0 heterocycles. The first-order valence-electron chi connectivity index (χ1n) is 11.4. The molecule has 0 saturated heterocycles. The molecule has 0 radical (unpaired) electrons. The predicted molar refractivity (Wildman–Crippen MR) is 138 cm³/mol. The third kappa shape index (κ3) is 9.21. The van der Waals surface area contributed by atoms with Crippen molar-refractivity contribution in [3.8, 4) is 5.75 Å². The molecule has 8 nitrogen and oxygen atoms in total. The maximum atomic E-state index is 14.2. The molecule has 1 unspecified atom stereocenters. The number of amides is 1. The Morgan fingerprint density at radius 2 is 1.77 bits per heavy atom. The third-order valence-electron chi connectivity index (χ3n) is 5.31. The quantitative estimate of drug-likeness (QED) is 0.382. The minimum absolute atomic E-state index is 0.131. The van der Waals surface area contributed by atoms with Crippen molar-refractivity contribution in [2.75, 3.05) is 66.4 Å². The Labute approximate surface area is 210 Å². The number of hydrogen-bond donors (Lipinski definition) is 2. The maximum Gasteiger partial charge on any atom is 0.246 e. The van der Waals surface area contributed by atoms with Crippen LogP contribution in [0.5, 0.6) is 5.75 Å². The van der Waals surface area contributed by atoms with Gasteiger partial charge in [0.15, 0.2) is 0 Å². The van der Waals surface area contributed by atoms with Gasteiger partial charge in [-0.1, -0.05) is 6.07 Å². The van der Waals surface area contributed by atoms with Crippen LogP contribution in [0.3, 0.4) is 0 Å². The third-order valence-corrected chi connectivity index (χ3v) is 7.05. The minimum atomic E-state index is -1.36. The molecule has 10 heteroatoms. The van der Waals surface area contributed by atoms with E-state index >= 15 is 0 Å². The van der Waals surface area contributed by atoms with Crippen LogP contribution >= 0.6 is 0 Å². The first-order chi connectivity index (χ1) is 16.6. The Bertz CT molecular complexity index is 996. The molecule has 35 heavy (non-hydrogen) atoms. The van der Waals surface area contributed by atoms with E-state index in [0.717, 1.165) is 28.3 Å². The lowest BCUT2D eigenvalue weighted by Gasteiger charge is -2.19. The van der Waals surface area contributed by atoms with Gasteiger partial charge in [-0.3, -0.25) is 4.79 Å². The highest BCUT2D eigenvalue weighted by molar-refractivity contribution is 7.82. The average molecular weight is 509 g/mol. The molecule has 0 spiro atoms. The number of hydrogen-bond acceptors (Lipinski definition) is 6. The smallest absolute Gasteiger partial charge is 0.246 e. The molecule has 1 atom stereocenters. The van der Waals surface area contributed by atoms with Crippen molar-refractivity contribution < 1.29 is 22.9 Å². The number of methoxy groups -OCH3 is 1. The van der Waals surface area contributed by atoms with Crippen molar-refractivity contribution in [3.05, 3.63) is 52.8 Å². The van der Waals surface area contributed by atoms with E-state index in [4.69, 9.17) is 9.47 Å². The highest BCUT2D eigenvalue weighted by Crippen LogP contribution is 2.25. The van der Waals surface area contributed by atoms with Gasteiger partial charge in [-0.2, -0.15) is 0 Å². The van der Waals surface area contributed by atoms with Gasteiger partial charge in [-0.05, 0) is 68.9 Å². The topological polar surface area (TPSA) is 83.1 Å². The van der Waals surface area contributed by atoms with Crippen molar-refractivity contribution in [2.45, 2.75) is 25.3 Å². The van der Waals surface area contributed by atoms with E-state index in [-0.39, 0.29) is 31.5 Å². The standard InChI is InChI=1S/C25H37FN4O4S/c1-18-13-21(33-6)14-19(2)25(18)35(32)30(5)11-12-34-17-24(31)28-16-20-7-8-23(22(26)15-20)27-9-10-29(3)4/h7-8,13-15,27H,9-12,16-17H2,1-6H3,(H,28,31). The Morgan fingerprint density at radius 3 is 2.37 bits per heavy atom. The van der Waals surface area contributed by atoms with Crippen LogP contribution in [-0.4, -0.2) is 80.4 Å². The average Bonchev–Trinajstić information content (AvgIpc) is 2.80. The number of rotatable bonds is 14. The summed E-state index contributed by atoms with van der Waals surface area (Å²) >= 11 is 0. The number of nitrogens with zero attached hydrogens (tertiary/aromatic N) is 2. The lowest BCUT2D eigenvalue weighted by Crippen LogP contribution is -2.30. The SMILES string of the molecule is COc1cc(C)c(S(=O)N(C)CCOCC(=O)NCc2ccc(NCCN(C)C)c(F)c2)c(C)c1. The van der Waals surface area contributed by atoms with Crippen LogP contribution in [0.15, 0.2) is 35.2 Å². The van der Waals surface area contributed by atoms with Gasteiger partial charge >= 0.3 is 0 Å². The van der Waals surface area contributed by atoms with Crippen LogP contribution in [0.2, 0.25) is 0 Å². The van der Waals surface area contributed by atoms with E-state index in [9.17, 15) is 13.4 Å². The fraction of sp³-hybridized carbons (Fsp3) is 0.480. The molecule has 0 aliphatic rings. The van der Waals surface area contributed by atoms with Crippen molar-refractivity contribution in [1.82, 2.24) is 14.5 Å². The summed E-state index contributed by atoms with van der Waals surface area (Å²) in [6, 6.07) is 8.57. The second kappa shape index (κ2) is 14.1. The van der Waals surface area contributed by atoms with E-state index < -0.39 is 11.0 Å². The number of carbonyl (C=O) groups excluding carboxylic acids is 1. The van der Waals surface area contributed by atoms with Crippen molar-refractivity contribution in [1.29, 1.82) is 0 Å². The van der Waals surface area contributed by atoms with Crippen LogP contribution in [0.1, 0.15) is 16.7 Å². The summed E-state index contributed by atoms with van der Waals surface area (Å²) in [4.78, 5) is 14.8. The number of ether oxygens (including phenoxy) is 2. The molecule has 2 aromatic rings. The van der Waals surface area contributed by atoms with Gasteiger partial charge < -0.3 is 25.0 Å². The second-order valence-corrected chi connectivity index (χ2v) is 10.1. The number of carbonyl (C=O) groups is 1. The van der Waals surface area contributed by atoms with Crippen LogP contribution < -0.4 is 15.4 Å². The second-order valence-electron chi connectivity index (χ2n) is 8.56. The van der Waals surface area contributed by atoms with Gasteiger partial charge in [0.1, 0.15) is 29.2 Å². The van der Waals surface area contributed by atoms with Crippen LogP contribution in [0, 0.1) is 19.7 Å². The number of benzene rings is 2. The van der Waals surface area contributed by atoms with E-state index in [0.29, 0.717) is 24.3 Å². The number of nitrogens with one attached hydrogen (secondary N) is 2. The molecule has 0 fully saturated rings. The predicted octanol–water partition coefficient (Wildman–Crippen LogP) is 2.71. The first kappa shape index (κ1) is 28.7. The Hall–Kier alpha value is -2.53. The molecule has 0 aromatic heterocycles. The van der Waals surface area contributed by atoms with Crippen molar-refractivity contribution in [2.24, 2.45) is 0 Å². The maximum absolute atomic E-state index is 14.2. The highest BCUT2D eigenvalue weighted by atomic mass is 32.2. The van der Waals surface area contributed by atoms with Gasteiger partial charge in [0.2, 0.25) is 5.91 Å². The molecule has 0 aliphatic carbocycles. The number of aryl methyl sites for hydroxylation is 2. The summed E-state index contributed by atoms with van der Waals surface area (Å²) in [6.45, 7) is 5.94. The van der Waals surface area contributed by atoms with Gasteiger partial charge in [-0.25, -0.2) is 12.9 Å². The molecule has 0 saturated carbocycles. The van der Waals surface area contributed by atoms with E-state index in [1.165, 1.54) is 6.07 Å². The molecule has 2 N–H and O–H groups in total. The Kier molecular flexibility index (Phi) is 11.6. The number of likely N-dealkylation sites (N-methyl/N-ethyl adjacent to an activating group) is 2. The van der Waals surface area contributed by atoms with Crippen LogP contribution in [-0.2, 0) is 27.1 Å². The van der Waals surface area contributed by atoms with Gasteiger partial charge in [-0.15, -0.1) is 0 Å². The first-order valence-corrected chi connectivity index (χ1v) is 12.5. The van der Waals surface area contributed by atoms with Crippen LogP contribution in [0.25, 0.3) is 0 Å². The normalized spacial score (nSPS) is 12.1. The summed E-state index contributed by atoms with van der Waals surface area (Å²) in [7, 11) is 5.90. The Morgan fingerprint density at radius 1 is 1.09 bits per heavy atom. The molecule has 0 aliphatic heterocycles. The molecule has 2 rings (SSSR count). The van der Waals surface area contributed by atoms with E-state index in [1.807, 2.05) is 45.0 Å². The summed E-state index contributed by atoms with van der Waals surface area (Å²) in [5.41, 5.74) is 2.88. The summed E-state index contributed by atoms with van der Waals surface area (Å²) in [5.74, 6) is 0.0717. The lowest BCUT2D eigenvalue weighted by molar-refractivity contribution is -0.125. The molecular formula is C25H37FN4O4S. The summed E-state index contributed by atoms with van der Waals surface area (Å²) in [5, 5.41) is 5.78. The van der Waals surface area contributed by atoms with Crippen molar-refractivity contribution in [3.63, 3.8) is 0 Å². The largest absolute Gasteiger partial charge is 0.497 e. The van der Waals surface area contributed by atoms with Gasteiger partial charge in [0.25, 0.3) is 0 Å². The zero-order valence-electron chi connectivity index (χ0n) is 21.4. The monoisotopic (exact) mass is 508 g/mol. The number of halogens is 1. The zero-order valence-corrected chi connectivity index (χ0v) is 22.3. The Balaban J connectivity index is 1.73. The fourth-order valence-electron chi connectivity index (χ4n) is 3.38. The number of anilines is 1. The van der Waals surface area contributed by atoms with E-state index in [2.05, 4.69) is 10.6 Å². The molecule has 194 valence electrons. The molecule has 2 aromatic carbocycles. The molecule has 1 amide bonds.